The minimum atomic E-state index is -0.356. The molecule has 3 heteroatoms. The Balaban J connectivity index is 2.59. The smallest absolute Gasteiger partial charge is 0.336 e. The van der Waals surface area contributed by atoms with Crippen molar-refractivity contribution in [2.45, 2.75) is 20.5 Å². The molecule has 0 unspecified atom stereocenters. The molecule has 0 heterocycles. The fraction of sp³-hybridized carbons (Fsp3) is 0.308. The molecule has 0 spiro atoms. The molecule has 0 saturated heterocycles. The number of hydrogen-bond acceptors (Lipinski definition) is 3. The Labute approximate surface area is 95.7 Å². The highest BCUT2D eigenvalue weighted by Crippen LogP contribution is 2.10. The number of allylic oxidation sites excluding steroid dienone is 1. The van der Waals surface area contributed by atoms with Gasteiger partial charge in [0.05, 0.1) is 12.7 Å². The van der Waals surface area contributed by atoms with Crippen molar-refractivity contribution < 1.29 is 14.3 Å². The summed E-state index contributed by atoms with van der Waals surface area (Å²) in [5, 5.41) is 0. The second kappa shape index (κ2) is 5.95. The van der Waals surface area contributed by atoms with Crippen molar-refractivity contribution in [3.8, 4) is 0 Å². The van der Waals surface area contributed by atoms with Crippen LogP contribution in [0, 0.1) is 0 Å². The third kappa shape index (κ3) is 3.42. The molecule has 0 N–H and O–H groups in total. The van der Waals surface area contributed by atoms with Gasteiger partial charge >= 0.3 is 5.97 Å². The SMILES string of the molecule is COC(=O)C(C)=C(C)OCc1ccccc1. The topological polar surface area (TPSA) is 35.5 Å². The average Bonchev–Trinajstić information content (AvgIpc) is 2.35. The fourth-order valence-electron chi connectivity index (χ4n) is 1.17. The number of hydrogen-bond donors (Lipinski definition) is 0. The largest absolute Gasteiger partial charge is 0.493 e. The standard InChI is InChI=1S/C13H16O3/c1-10(13(14)15-3)11(2)16-9-12-7-5-4-6-8-12/h4-8H,9H2,1-3H3. The van der Waals surface area contributed by atoms with Gasteiger partial charge in [0.25, 0.3) is 0 Å². The predicted molar refractivity (Wildman–Crippen MR) is 61.6 cm³/mol. The van der Waals surface area contributed by atoms with Gasteiger partial charge in [-0.15, -0.1) is 0 Å². The number of benzene rings is 1. The molecule has 0 saturated carbocycles. The van der Waals surface area contributed by atoms with Gasteiger partial charge in [-0.2, -0.15) is 0 Å². The van der Waals surface area contributed by atoms with Crippen molar-refractivity contribution in [3.63, 3.8) is 0 Å². The van der Waals surface area contributed by atoms with Crippen LogP contribution in [0.4, 0.5) is 0 Å². The van der Waals surface area contributed by atoms with Gasteiger partial charge in [0.2, 0.25) is 0 Å². The molecule has 1 aromatic carbocycles. The summed E-state index contributed by atoms with van der Waals surface area (Å²) in [6, 6.07) is 9.79. The summed E-state index contributed by atoms with van der Waals surface area (Å²) in [6.07, 6.45) is 0. The first-order valence-corrected chi connectivity index (χ1v) is 5.07. The first kappa shape index (κ1) is 12.3. The maximum Gasteiger partial charge on any atom is 0.336 e. The van der Waals surface area contributed by atoms with Gasteiger partial charge in [-0.25, -0.2) is 4.79 Å². The molecule has 86 valence electrons. The maximum atomic E-state index is 11.2. The molecule has 3 nitrogen and oxygen atoms in total. The van der Waals surface area contributed by atoms with Gasteiger partial charge in [0.1, 0.15) is 12.4 Å². The first-order valence-electron chi connectivity index (χ1n) is 5.07. The highest BCUT2D eigenvalue weighted by molar-refractivity contribution is 5.88. The van der Waals surface area contributed by atoms with Crippen molar-refractivity contribution in [2.75, 3.05) is 7.11 Å². The molecule has 0 aliphatic carbocycles. The van der Waals surface area contributed by atoms with E-state index in [1.165, 1.54) is 7.11 Å². The van der Waals surface area contributed by atoms with E-state index >= 15 is 0 Å². The molecule has 0 amide bonds. The van der Waals surface area contributed by atoms with E-state index in [4.69, 9.17) is 4.74 Å². The Morgan fingerprint density at radius 3 is 2.38 bits per heavy atom. The van der Waals surface area contributed by atoms with Gasteiger partial charge < -0.3 is 9.47 Å². The highest BCUT2D eigenvalue weighted by atomic mass is 16.5. The lowest BCUT2D eigenvalue weighted by Crippen LogP contribution is -2.05. The zero-order valence-corrected chi connectivity index (χ0v) is 9.82. The summed E-state index contributed by atoms with van der Waals surface area (Å²) in [4.78, 5) is 11.2. The van der Waals surface area contributed by atoms with Crippen molar-refractivity contribution in [3.05, 3.63) is 47.2 Å². The Morgan fingerprint density at radius 1 is 1.19 bits per heavy atom. The van der Waals surface area contributed by atoms with Crippen LogP contribution in [-0.2, 0) is 20.9 Å². The number of esters is 1. The van der Waals surface area contributed by atoms with Crippen molar-refractivity contribution in [2.24, 2.45) is 0 Å². The lowest BCUT2D eigenvalue weighted by molar-refractivity contribution is -0.136. The fourth-order valence-corrected chi connectivity index (χ4v) is 1.17. The van der Waals surface area contributed by atoms with Crippen molar-refractivity contribution in [1.82, 2.24) is 0 Å². The molecule has 1 aromatic rings. The minimum absolute atomic E-state index is 0.356. The number of ether oxygens (including phenoxy) is 2. The van der Waals surface area contributed by atoms with Crippen LogP contribution >= 0.6 is 0 Å². The Kier molecular flexibility index (Phi) is 4.58. The van der Waals surface area contributed by atoms with Gasteiger partial charge in [0, 0.05) is 0 Å². The Morgan fingerprint density at radius 2 is 1.81 bits per heavy atom. The molecule has 0 bridgehead atoms. The molecule has 0 radical (unpaired) electrons. The van der Waals surface area contributed by atoms with E-state index in [-0.39, 0.29) is 5.97 Å². The van der Waals surface area contributed by atoms with Gasteiger partial charge in [-0.3, -0.25) is 0 Å². The summed E-state index contributed by atoms with van der Waals surface area (Å²) < 4.78 is 10.1. The summed E-state index contributed by atoms with van der Waals surface area (Å²) in [5.74, 6) is 0.237. The molecule has 0 aromatic heterocycles. The molecular formula is C13H16O3. The van der Waals surface area contributed by atoms with Crippen molar-refractivity contribution >= 4 is 5.97 Å². The van der Waals surface area contributed by atoms with Crippen LogP contribution in [-0.4, -0.2) is 13.1 Å². The van der Waals surface area contributed by atoms with Crippen LogP contribution < -0.4 is 0 Å². The molecule has 16 heavy (non-hydrogen) atoms. The van der Waals surface area contributed by atoms with E-state index in [0.717, 1.165) is 5.56 Å². The number of methoxy groups -OCH3 is 1. The number of carbonyl (C=O) groups excluding carboxylic acids is 1. The van der Waals surface area contributed by atoms with E-state index in [1.54, 1.807) is 13.8 Å². The van der Waals surface area contributed by atoms with Crippen molar-refractivity contribution in [1.29, 1.82) is 0 Å². The predicted octanol–water partition coefficient (Wildman–Crippen LogP) is 2.67. The number of carbonyl (C=O) groups is 1. The zero-order valence-electron chi connectivity index (χ0n) is 9.82. The van der Waals surface area contributed by atoms with Gasteiger partial charge in [-0.1, -0.05) is 30.3 Å². The number of rotatable bonds is 4. The van der Waals surface area contributed by atoms with E-state index in [0.29, 0.717) is 17.9 Å². The second-order valence-electron chi connectivity index (χ2n) is 3.45. The maximum absolute atomic E-state index is 11.2. The summed E-state index contributed by atoms with van der Waals surface area (Å²) in [5.41, 5.74) is 1.57. The second-order valence-corrected chi connectivity index (χ2v) is 3.45. The molecule has 0 fully saturated rings. The normalized spacial score (nSPS) is 11.7. The van der Waals surface area contributed by atoms with E-state index < -0.39 is 0 Å². The minimum Gasteiger partial charge on any atom is -0.493 e. The van der Waals surface area contributed by atoms with Crippen LogP contribution in [0.2, 0.25) is 0 Å². The third-order valence-corrected chi connectivity index (χ3v) is 2.32. The van der Waals surface area contributed by atoms with E-state index in [9.17, 15) is 4.79 Å². The lowest BCUT2D eigenvalue weighted by Gasteiger charge is -2.09. The van der Waals surface area contributed by atoms with Crippen LogP contribution in [0.15, 0.2) is 41.7 Å². The molecule has 1 rings (SSSR count). The Hall–Kier alpha value is -1.77. The summed E-state index contributed by atoms with van der Waals surface area (Å²) in [7, 11) is 1.36. The highest BCUT2D eigenvalue weighted by Gasteiger charge is 2.08. The van der Waals surface area contributed by atoms with Crippen LogP contribution in [0.3, 0.4) is 0 Å². The van der Waals surface area contributed by atoms with Crippen LogP contribution in [0.5, 0.6) is 0 Å². The summed E-state index contributed by atoms with van der Waals surface area (Å²) >= 11 is 0. The molecular weight excluding hydrogens is 204 g/mol. The van der Waals surface area contributed by atoms with E-state index in [1.807, 2.05) is 30.3 Å². The monoisotopic (exact) mass is 220 g/mol. The first-order chi connectivity index (χ1) is 7.65. The quantitative estimate of drug-likeness (QED) is 0.444. The molecule has 0 aliphatic rings. The van der Waals surface area contributed by atoms with Gasteiger partial charge in [-0.05, 0) is 19.4 Å². The lowest BCUT2D eigenvalue weighted by atomic mass is 10.2. The molecule has 0 atom stereocenters. The third-order valence-electron chi connectivity index (χ3n) is 2.32. The average molecular weight is 220 g/mol. The van der Waals surface area contributed by atoms with Crippen LogP contribution in [0.1, 0.15) is 19.4 Å². The van der Waals surface area contributed by atoms with E-state index in [2.05, 4.69) is 4.74 Å². The zero-order chi connectivity index (χ0) is 12.0. The summed E-state index contributed by atoms with van der Waals surface area (Å²) in [6.45, 7) is 3.91. The Bertz CT molecular complexity index is 379. The van der Waals surface area contributed by atoms with Gasteiger partial charge in [0.15, 0.2) is 0 Å². The van der Waals surface area contributed by atoms with Crippen LogP contribution in [0.25, 0.3) is 0 Å². The molecule has 0 aliphatic heterocycles.